The number of rotatable bonds is 3. The van der Waals surface area contributed by atoms with Gasteiger partial charge in [-0.3, -0.25) is 10.1 Å². The fraction of sp³-hybridized carbons (Fsp3) is 0.385. The topological polar surface area (TPSA) is 112 Å². The van der Waals surface area contributed by atoms with Crippen LogP contribution in [-0.2, 0) is 4.74 Å². The van der Waals surface area contributed by atoms with Gasteiger partial charge in [0.1, 0.15) is 0 Å². The molecular weight excluding hydrogens is 278 g/mol. The molecule has 0 aliphatic carbocycles. The van der Waals surface area contributed by atoms with Crippen molar-refractivity contribution in [1.82, 2.24) is 10.1 Å². The van der Waals surface area contributed by atoms with Crippen molar-refractivity contribution in [3.8, 4) is 11.4 Å². The lowest BCUT2D eigenvalue weighted by atomic mass is 9.99. The van der Waals surface area contributed by atoms with E-state index < -0.39 is 11.0 Å². The lowest BCUT2D eigenvalue weighted by Crippen LogP contribution is -2.30. The molecule has 110 valence electrons. The zero-order chi connectivity index (χ0) is 14.8. The number of nitro groups is 1. The van der Waals surface area contributed by atoms with Crippen LogP contribution < -0.4 is 0 Å². The Morgan fingerprint density at radius 2 is 2.10 bits per heavy atom. The molecule has 1 aliphatic rings. The smallest absolute Gasteiger partial charge is 0.269 e. The Balaban J connectivity index is 1.82. The molecule has 1 N–H and O–H groups in total. The molecule has 2 aromatic rings. The van der Waals surface area contributed by atoms with Crippen LogP contribution >= 0.6 is 0 Å². The number of benzene rings is 1. The summed E-state index contributed by atoms with van der Waals surface area (Å²) in [6.45, 7) is 0.851. The Morgan fingerprint density at radius 3 is 2.76 bits per heavy atom. The van der Waals surface area contributed by atoms with E-state index in [2.05, 4.69) is 10.1 Å². The van der Waals surface area contributed by atoms with Crippen molar-refractivity contribution >= 4 is 5.69 Å². The first-order chi connectivity index (χ1) is 10.1. The lowest BCUT2D eigenvalue weighted by molar-refractivity contribution is -0.384. The van der Waals surface area contributed by atoms with Crippen LogP contribution in [0.15, 0.2) is 28.8 Å². The van der Waals surface area contributed by atoms with Crippen molar-refractivity contribution in [2.75, 3.05) is 13.2 Å². The molecule has 0 amide bonds. The minimum absolute atomic E-state index is 0.00132. The predicted octanol–water partition coefficient (Wildman–Crippen LogP) is 1.51. The number of ether oxygens (including phenoxy) is 1. The number of aromatic nitrogens is 2. The van der Waals surface area contributed by atoms with Gasteiger partial charge in [0.05, 0.1) is 23.6 Å². The molecule has 2 unspecified atom stereocenters. The normalized spacial score (nSPS) is 22.1. The summed E-state index contributed by atoms with van der Waals surface area (Å²) in [5.74, 6) is 0.311. The van der Waals surface area contributed by atoms with Crippen LogP contribution in [0.2, 0.25) is 0 Å². The largest absolute Gasteiger partial charge is 0.392 e. The number of hydrogen-bond donors (Lipinski definition) is 1. The van der Waals surface area contributed by atoms with Gasteiger partial charge in [-0.15, -0.1) is 0 Å². The Kier molecular flexibility index (Phi) is 3.63. The number of nitrogens with zero attached hydrogens (tertiary/aromatic N) is 3. The van der Waals surface area contributed by atoms with E-state index in [0.717, 1.165) is 0 Å². The summed E-state index contributed by atoms with van der Waals surface area (Å²) in [5.41, 5.74) is 0.611. The van der Waals surface area contributed by atoms with Gasteiger partial charge >= 0.3 is 0 Å². The molecule has 2 heterocycles. The van der Waals surface area contributed by atoms with Gasteiger partial charge in [0.15, 0.2) is 0 Å². The van der Waals surface area contributed by atoms with Crippen LogP contribution in [0.4, 0.5) is 5.69 Å². The maximum Gasteiger partial charge on any atom is 0.269 e. The molecule has 1 aromatic carbocycles. The highest BCUT2D eigenvalue weighted by atomic mass is 16.6. The minimum Gasteiger partial charge on any atom is -0.392 e. The molecule has 8 heteroatoms. The number of nitro benzene ring substituents is 1. The molecule has 1 fully saturated rings. The number of aliphatic hydroxyl groups is 1. The predicted molar refractivity (Wildman–Crippen MR) is 70.6 cm³/mol. The van der Waals surface area contributed by atoms with Crippen molar-refractivity contribution < 1.29 is 19.3 Å². The molecule has 1 aliphatic heterocycles. The molecule has 21 heavy (non-hydrogen) atoms. The zero-order valence-electron chi connectivity index (χ0n) is 11.0. The number of hydrogen-bond acceptors (Lipinski definition) is 7. The third kappa shape index (κ3) is 2.76. The van der Waals surface area contributed by atoms with E-state index in [4.69, 9.17) is 9.26 Å². The Labute approximate surface area is 119 Å². The van der Waals surface area contributed by atoms with Crippen molar-refractivity contribution in [2.45, 2.75) is 18.4 Å². The Hall–Kier alpha value is -2.32. The van der Waals surface area contributed by atoms with Crippen molar-refractivity contribution in [3.05, 3.63) is 40.3 Å². The van der Waals surface area contributed by atoms with Gasteiger partial charge in [0.25, 0.3) is 5.69 Å². The van der Waals surface area contributed by atoms with Crippen LogP contribution in [-0.4, -0.2) is 39.5 Å². The second-order valence-electron chi connectivity index (χ2n) is 4.80. The van der Waals surface area contributed by atoms with Crippen LogP contribution in [0.5, 0.6) is 0 Å². The second kappa shape index (κ2) is 5.58. The maximum atomic E-state index is 10.6. The van der Waals surface area contributed by atoms with E-state index in [1.807, 2.05) is 0 Å². The molecule has 3 rings (SSSR count). The highest BCUT2D eigenvalue weighted by Crippen LogP contribution is 2.27. The fourth-order valence-electron chi connectivity index (χ4n) is 2.20. The summed E-state index contributed by atoms with van der Waals surface area (Å²) in [7, 11) is 0. The third-order valence-electron chi connectivity index (χ3n) is 3.42. The summed E-state index contributed by atoms with van der Waals surface area (Å²) in [6.07, 6.45) is -0.0381. The van der Waals surface area contributed by atoms with Gasteiger partial charge < -0.3 is 14.4 Å². The lowest BCUT2D eigenvalue weighted by Gasteiger charge is -2.24. The first-order valence-corrected chi connectivity index (χ1v) is 6.49. The van der Waals surface area contributed by atoms with Crippen LogP contribution in [0.3, 0.4) is 0 Å². The molecule has 1 aromatic heterocycles. The van der Waals surface area contributed by atoms with Gasteiger partial charge in [0, 0.05) is 24.3 Å². The van der Waals surface area contributed by atoms with E-state index >= 15 is 0 Å². The van der Waals surface area contributed by atoms with E-state index in [-0.39, 0.29) is 11.6 Å². The standard InChI is InChI=1S/C13H13N3O5/c17-11-5-6-20-7-10(11)13-14-12(15-21-13)8-1-3-9(4-2-8)16(18)19/h1-4,10-11,17H,5-7H2. The van der Waals surface area contributed by atoms with Gasteiger partial charge in [-0.2, -0.15) is 4.98 Å². The minimum atomic E-state index is -0.566. The van der Waals surface area contributed by atoms with Crippen molar-refractivity contribution in [3.63, 3.8) is 0 Å². The van der Waals surface area contributed by atoms with Gasteiger partial charge in [-0.1, -0.05) is 5.16 Å². The Morgan fingerprint density at radius 1 is 1.33 bits per heavy atom. The van der Waals surface area contributed by atoms with Crippen molar-refractivity contribution in [1.29, 1.82) is 0 Å². The summed E-state index contributed by atoms with van der Waals surface area (Å²) in [4.78, 5) is 14.4. The van der Waals surface area contributed by atoms with Gasteiger partial charge in [-0.25, -0.2) is 0 Å². The molecule has 1 saturated heterocycles. The average Bonchev–Trinajstić information content (AvgIpc) is 2.97. The fourth-order valence-corrected chi connectivity index (χ4v) is 2.20. The highest BCUT2D eigenvalue weighted by Gasteiger charge is 2.30. The molecule has 2 atom stereocenters. The first kappa shape index (κ1) is 13.7. The summed E-state index contributed by atoms with van der Waals surface area (Å²) < 4.78 is 10.5. The molecule has 0 spiro atoms. The van der Waals surface area contributed by atoms with E-state index in [1.54, 1.807) is 12.1 Å². The number of non-ortho nitro benzene ring substituents is 1. The van der Waals surface area contributed by atoms with Crippen LogP contribution in [0.1, 0.15) is 18.2 Å². The van der Waals surface area contributed by atoms with Crippen LogP contribution in [0, 0.1) is 10.1 Å². The van der Waals surface area contributed by atoms with E-state index in [0.29, 0.717) is 36.9 Å². The van der Waals surface area contributed by atoms with Crippen LogP contribution in [0.25, 0.3) is 11.4 Å². The highest BCUT2D eigenvalue weighted by molar-refractivity contribution is 5.56. The number of aliphatic hydroxyl groups excluding tert-OH is 1. The molecule has 0 radical (unpaired) electrons. The molecule has 0 saturated carbocycles. The average molecular weight is 291 g/mol. The van der Waals surface area contributed by atoms with Gasteiger partial charge in [0.2, 0.25) is 11.7 Å². The quantitative estimate of drug-likeness (QED) is 0.673. The first-order valence-electron chi connectivity index (χ1n) is 6.49. The summed E-state index contributed by atoms with van der Waals surface area (Å²) in [5, 5.41) is 24.4. The summed E-state index contributed by atoms with van der Waals surface area (Å²) in [6, 6.07) is 5.87. The summed E-state index contributed by atoms with van der Waals surface area (Å²) >= 11 is 0. The van der Waals surface area contributed by atoms with Crippen molar-refractivity contribution in [2.24, 2.45) is 0 Å². The molecule has 0 bridgehead atoms. The van der Waals surface area contributed by atoms with Gasteiger partial charge in [-0.05, 0) is 18.6 Å². The molecular formula is C13H13N3O5. The second-order valence-corrected chi connectivity index (χ2v) is 4.80. The SMILES string of the molecule is O=[N+]([O-])c1ccc(-c2noc(C3COCCC3O)n2)cc1. The monoisotopic (exact) mass is 291 g/mol. The third-order valence-corrected chi connectivity index (χ3v) is 3.42. The Bertz CT molecular complexity index is 640. The zero-order valence-corrected chi connectivity index (χ0v) is 11.0. The van der Waals surface area contributed by atoms with E-state index in [1.165, 1.54) is 12.1 Å². The maximum absolute atomic E-state index is 10.6. The molecule has 8 nitrogen and oxygen atoms in total. The van der Waals surface area contributed by atoms with E-state index in [9.17, 15) is 15.2 Å².